The van der Waals surface area contributed by atoms with Crippen molar-refractivity contribution >= 4 is 44.6 Å². The fourth-order valence-corrected chi connectivity index (χ4v) is 9.02. The maximum atomic E-state index is 14.9. The van der Waals surface area contributed by atoms with Crippen molar-refractivity contribution in [2.24, 2.45) is 17.8 Å². The lowest BCUT2D eigenvalue weighted by atomic mass is 9.85. The van der Waals surface area contributed by atoms with E-state index in [-0.39, 0.29) is 37.1 Å². The number of sulfonamides is 1. The van der Waals surface area contributed by atoms with E-state index in [4.69, 9.17) is 14.2 Å². The first kappa shape index (κ1) is 42.0. The van der Waals surface area contributed by atoms with E-state index in [1.807, 2.05) is 25.1 Å². The molecule has 18 heteroatoms. The summed E-state index contributed by atoms with van der Waals surface area (Å²) in [6.07, 6.45) is -0.869. The molecule has 2 aromatic rings. The van der Waals surface area contributed by atoms with E-state index in [9.17, 15) is 40.8 Å². The number of carbonyl (C=O) groups excluding carboxylic acids is 4. The van der Waals surface area contributed by atoms with Crippen LogP contribution in [0.25, 0.3) is 10.8 Å². The summed E-state index contributed by atoms with van der Waals surface area (Å²) in [5, 5.41) is 5.88. The van der Waals surface area contributed by atoms with Crippen LogP contribution >= 0.6 is 0 Å². The molecule has 14 nitrogen and oxygen atoms in total. The van der Waals surface area contributed by atoms with Crippen molar-refractivity contribution in [2.45, 2.75) is 120 Å². The molecule has 4 amide bonds. The standard InChI is InChI=1S/C39H50F3N5O9S/c1-6-23-17-22(2)11-7-9-13-25-20-38(25,35(50)46-57(52,53)27-15-16-27)45-32(48)29-19-26(55-33-28-14-10-8-12-24(28)18-30(43-33)54-5)21-47(29)34(49)31(23)44-36(51)56-37(3,4)39(40,41)42/h8-10,12-14,18,22-23,25-27,29,31H,6-7,11,15-17,19-21H2,1-5H3,(H,44,51)(H,45,48)(H,46,50)/b13-9-/t22-,23+,25+,26+,29-,31-,38+/m0/s1. The molecule has 0 spiro atoms. The summed E-state index contributed by atoms with van der Waals surface area (Å²) < 4.78 is 85.9. The number of aromatic nitrogens is 1. The molecular weight excluding hydrogens is 772 g/mol. The third-order valence-electron chi connectivity index (χ3n) is 11.4. The van der Waals surface area contributed by atoms with Crippen molar-refractivity contribution in [1.82, 2.24) is 25.2 Å². The molecule has 4 aliphatic rings. The van der Waals surface area contributed by atoms with Gasteiger partial charge in [0, 0.05) is 23.8 Å². The number of carbonyl (C=O) groups is 4. The lowest BCUT2D eigenvalue weighted by Gasteiger charge is -2.35. The van der Waals surface area contributed by atoms with Gasteiger partial charge in [-0.05, 0) is 75.7 Å². The minimum atomic E-state index is -4.91. The van der Waals surface area contributed by atoms with Gasteiger partial charge in [0.05, 0.1) is 18.9 Å². The summed E-state index contributed by atoms with van der Waals surface area (Å²) in [6, 6.07) is 6.20. The van der Waals surface area contributed by atoms with E-state index in [0.717, 1.165) is 5.39 Å². The molecule has 2 saturated carbocycles. The minimum Gasteiger partial charge on any atom is -0.481 e. The maximum absolute atomic E-state index is 14.9. The van der Waals surface area contributed by atoms with Crippen molar-refractivity contribution in [3.63, 3.8) is 0 Å². The van der Waals surface area contributed by atoms with Crippen LogP contribution in [0.15, 0.2) is 42.5 Å². The molecule has 312 valence electrons. The lowest BCUT2D eigenvalue weighted by Crippen LogP contribution is -2.59. The zero-order chi connectivity index (χ0) is 41.5. The Morgan fingerprint density at radius 2 is 1.82 bits per heavy atom. The number of hydrogen-bond acceptors (Lipinski definition) is 10. The highest BCUT2D eigenvalue weighted by Crippen LogP contribution is 2.46. The molecule has 0 unspecified atom stereocenters. The van der Waals surface area contributed by atoms with Gasteiger partial charge in [-0.15, -0.1) is 0 Å². The third-order valence-corrected chi connectivity index (χ3v) is 13.3. The number of rotatable bonds is 9. The summed E-state index contributed by atoms with van der Waals surface area (Å²) in [5.74, 6) is -3.17. The molecule has 3 N–H and O–H groups in total. The van der Waals surface area contributed by atoms with Crippen molar-refractivity contribution in [1.29, 1.82) is 0 Å². The summed E-state index contributed by atoms with van der Waals surface area (Å²) in [6.45, 7) is 4.94. The van der Waals surface area contributed by atoms with Gasteiger partial charge in [-0.1, -0.05) is 50.6 Å². The number of fused-ring (bicyclic) bond motifs is 3. The number of alkyl carbamates (subject to hydrolysis) is 1. The highest BCUT2D eigenvalue weighted by molar-refractivity contribution is 7.91. The number of alkyl halides is 3. The van der Waals surface area contributed by atoms with Gasteiger partial charge in [0.15, 0.2) is 0 Å². The number of hydrogen-bond donors (Lipinski definition) is 3. The third kappa shape index (κ3) is 9.10. The molecule has 2 aliphatic carbocycles. The average Bonchev–Trinajstić information content (AvgIpc) is 4.07. The Labute approximate surface area is 329 Å². The van der Waals surface area contributed by atoms with E-state index in [0.29, 0.717) is 57.8 Å². The van der Waals surface area contributed by atoms with Gasteiger partial charge in [0.25, 0.3) is 5.91 Å². The number of methoxy groups -OCH3 is 1. The molecule has 0 radical (unpaired) electrons. The zero-order valence-electron chi connectivity index (χ0n) is 32.6. The Bertz CT molecular complexity index is 2020. The predicted molar refractivity (Wildman–Crippen MR) is 201 cm³/mol. The van der Waals surface area contributed by atoms with E-state index in [1.54, 1.807) is 31.2 Å². The number of nitrogens with one attached hydrogen (secondary N) is 3. The highest BCUT2D eigenvalue weighted by Gasteiger charge is 2.62. The second kappa shape index (κ2) is 16.0. The fourth-order valence-electron chi connectivity index (χ4n) is 7.66. The lowest BCUT2D eigenvalue weighted by molar-refractivity contribution is -0.244. The number of pyridine rings is 1. The van der Waals surface area contributed by atoms with E-state index < -0.39 is 86.4 Å². The molecule has 3 heterocycles. The van der Waals surface area contributed by atoms with Crippen LogP contribution in [0.4, 0.5) is 18.0 Å². The number of ether oxygens (including phenoxy) is 3. The molecule has 57 heavy (non-hydrogen) atoms. The van der Waals surface area contributed by atoms with Crippen molar-refractivity contribution < 1.29 is 55.0 Å². The first-order valence-electron chi connectivity index (χ1n) is 19.3. The van der Waals surface area contributed by atoms with Crippen LogP contribution in [0.2, 0.25) is 0 Å². The number of nitrogens with zero attached hydrogens (tertiary/aromatic N) is 2. The molecule has 2 aliphatic heterocycles. The van der Waals surface area contributed by atoms with Crippen LogP contribution in [-0.4, -0.2) is 96.5 Å². The van der Waals surface area contributed by atoms with Crippen LogP contribution < -0.4 is 24.8 Å². The molecular formula is C39H50F3N5O9S. The maximum Gasteiger partial charge on any atom is 0.427 e. The second-order valence-corrected chi connectivity index (χ2v) is 18.1. The predicted octanol–water partition coefficient (Wildman–Crippen LogP) is 4.91. The van der Waals surface area contributed by atoms with Crippen LogP contribution in [0.3, 0.4) is 0 Å². The van der Waals surface area contributed by atoms with E-state index in [1.165, 1.54) is 12.0 Å². The van der Waals surface area contributed by atoms with E-state index in [2.05, 4.69) is 20.3 Å². The summed E-state index contributed by atoms with van der Waals surface area (Å²) >= 11 is 0. The van der Waals surface area contributed by atoms with Gasteiger partial charge >= 0.3 is 12.3 Å². The van der Waals surface area contributed by atoms with Crippen LogP contribution in [-0.2, 0) is 29.1 Å². The highest BCUT2D eigenvalue weighted by atomic mass is 32.2. The van der Waals surface area contributed by atoms with Crippen LogP contribution in [0.5, 0.6) is 11.8 Å². The molecule has 7 atom stereocenters. The molecule has 1 aromatic carbocycles. The van der Waals surface area contributed by atoms with Crippen LogP contribution in [0, 0.1) is 17.8 Å². The Morgan fingerprint density at radius 1 is 1.11 bits per heavy atom. The summed E-state index contributed by atoms with van der Waals surface area (Å²) in [4.78, 5) is 62.0. The average molecular weight is 822 g/mol. The molecule has 6 rings (SSSR count). The quantitative estimate of drug-likeness (QED) is 0.294. The summed E-state index contributed by atoms with van der Waals surface area (Å²) in [5.41, 5.74) is -4.51. The van der Waals surface area contributed by atoms with Gasteiger partial charge < -0.3 is 29.7 Å². The SMILES string of the molecule is CC[C@@H]1C[C@@H](C)CC/C=C\[C@@H]2C[C@@]2(C(=O)NS(=O)(=O)C2CC2)NC(=O)[C@@H]2C[C@@H](Oc3nc(OC)cc4ccccc34)CN2C(=O)[C@H]1NC(=O)OC(C)(C)C(F)(F)F. The molecule has 0 bridgehead atoms. The van der Waals surface area contributed by atoms with Crippen molar-refractivity contribution in [3.8, 4) is 11.8 Å². The van der Waals surface area contributed by atoms with Gasteiger partial charge in [-0.25, -0.2) is 13.2 Å². The molecule has 1 aromatic heterocycles. The normalized spacial score (nSPS) is 29.2. The van der Waals surface area contributed by atoms with Gasteiger partial charge in [-0.3, -0.25) is 19.1 Å². The molecule has 1 saturated heterocycles. The number of amides is 4. The minimum absolute atomic E-state index is 0.0296. The monoisotopic (exact) mass is 821 g/mol. The zero-order valence-corrected chi connectivity index (χ0v) is 33.4. The second-order valence-electron chi connectivity index (χ2n) is 16.2. The molecule has 3 fully saturated rings. The van der Waals surface area contributed by atoms with Crippen LogP contribution in [0.1, 0.15) is 79.1 Å². The Kier molecular flexibility index (Phi) is 11.8. The van der Waals surface area contributed by atoms with Gasteiger partial charge in [0.2, 0.25) is 39.2 Å². The Balaban J connectivity index is 1.37. The first-order chi connectivity index (χ1) is 26.8. The number of halogens is 3. The smallest absolute Gasteiger partial charge is 0.427 e. The number of allylic oxidation sites excluding steroid dienone is 1. The first-order valence-corrected chi connectivity index (χ1v) is 20.8. The fraction of sp³-hybridized carbons (Fsp3) is 0.615. The summed E-state index contributed by atoms with van der Waals surface area (Å²) in [7, 11) is -2.54. The van der Waals surface area contributed by atoms with E-state index >= 15 is 0 Å². The van der Waals surface area contributed by atoms with Gasteiger partial charge in [0.1, 0.15) is 23.7 Å². The number of benzene rings is 1. The Morgan fingerprint density at radius 3 is 2.49 bits per heavy atom. The Hall–Kier alpha value is -4.61. The largest absolute Gasteiger partial charge is 0.481 e. The van der Waals surface area contributed by atoms with Crippen molar-refractivity contribution in [3.05, 3.63) is 42.5 Å². The van der Waals surface area contributed by atoms with Gasteiger partial charge in [-0.2, -0.15) is 18.2 Å². The topological polar surface area (TPSA) is 182 Å². The van der Waals surface area contributed by atoms with Crippen molar-refractivity contribution in [2.75, 3.05) is 13.7 Å².